The number of hydrogen-bond donors (Lipinski definition) is 1. The van der Waals surface area contributed by atoms with Gasteiger partial charge in [-0.2, -0.15) is 0 Å². The Hall–Kier alpha value is -1.87. The highest BCUT2D eigenvalue weighted by atomic mass is 19.1. The van der Waals surface area contributed by atoms with E-state index in [4.69, 9.17) is 0 Å². The zero-order valence-corrected chi connectivity index (χ0v) is 14.3. The van der Waals surface area contributed by atoms with E-state index in [0.29, 0.717) is 0 Å². The lowest BCUT2D eigenvalue weighted by atomic mass is 9.90. The largest absolute Gasteiger partial charge is 0.385 e. The lowest BCUT2D eigenvalue weighted by Gasteiger charge is -2.32. The maximum Gasteiger partial charge on any atom is 0.123 e. The molecule has 0 radical (unpaired) electrons. The van der Waals surface area contributed by atoms with Crippen molar-refractivity contribution >= 4 is 5.69 Å². The molecule has 2 aromatic rings. The van der Waals surface area contributed by atoms with Gasteiger partial charge in [0, 0.05) is 12.2 Å². The van der Waals surface area contributed by atoms with Gasteiger partial charge in [-0.15, -0.1) is 0 Å². The van der Waals surface area contributed by atoms with Gasteiger partial charge in [0.2, 0.25) is 0 Å². The predicted molar refractivity (Wildman–Crippen MR) is 98.8 cm³/mol. The van der Waals surface area contributed by atoms with Crippen LogP contribution >= 0.6 is 0 Å². The minimum atomic E-state index is -0.141. The van der Waals surface area contributed by atoms with Gasteiger partial charge in [0.05, 0.1) is 0 Å². The Bertz CT molecular complexity index is 589. The Labute approximate surface area is 144 Å². The topological polar surface area (TPSA) is 15.3 Å². The molecule has 1 aliphatic heterocycles. The van der Waals surface area contributed by atoms with Crippen LogP contribution in [0.25, 0.3) is 0 Å². The number of benzene rings is 2. The Morgan fingerprint density at radius 1 is 0.958 bits per heavy atom. The average Bonchev–Trinajstić information content (AvgIpc) is 2.63. The van der Waals surface area contributed by atoms with Crippen molar-refractivity contribution in [1.82, 2.24) is 4.90 Å². The first-order chi connectivity index (χ1) is 11.8. The summed E-state index contributed by atoms with van der Waals surface area (Å²) in [6.45, 7) is 4.58. The molecule has 1 aliphatic rings. The maximum atomic E-state index is 13.0. The van der Waals surface area contributed by atoms with E-state index < -0.39 is 0 Å². The molecular weight excluding hydrogens is 299 g/mol. The zero-order chi connectivity index (χ0) is 16.6. The number of halogens is 1. The van der Waals surface area contributed by atoms with Crippen molar-refractivity contribution < 1.29 is 4.39 Å². The average molecular weight is 326 g/mol. The van der Waals surface area contributed by atoms with Crippen LogP contribution in [-0.4, -0.2) is 31.1 Å². The molecule has 0 aliphatic carbocycles. The van der Waals surface area contributed by atoms with Crippen LogP contribution < -0.4 is 5.32 Å². The van der Waals surface area contributed by atoms with Gasteiger partial charge in [-0.1, -0.05) is 30.3 Å². The molecule has 3 rings (SSSR count). The number of hydrogen-bond acceptors (Lipinski definition) is 2. The second-order valence-corrected chi connectivity index (χ2v) is 6.76. The molecule has 0 saturated carbocycles. The van der Waals surface area contributed by atoms with Gasteiger partial charge in [0.15, 0.2) is 0 Å². The van der Waals surface area contributed by atoms with Gasteiger partial charge in [-0.3, -0.25) is 0 Å². The maximum absolute atomic E-state index is 13.0. The third kappa shape index (κ3) is 5.34. The van der Waals surface area contributed by atoms with Crippen molar-refractivity contribution in [2.24, 2.45) is 5.92 Å². The minimum absolute atomic E-state index is 0.141. The first-order valence-corrected chi connectivity index (χ1v) is 9.05. The molecule has 24 heavy (non-hydrogen) atoms. The fourth-order valence-electron chi connectivity index (χ4n) is 3.46. The number of anilines is 1. The quantitative estimate of drug-likeness (QED) is 0.749. The number of likely N-dealkylation sites (tertiary alicyclic amines) is 1. The van der Waals surface area contributed by atoms with Crippen LogP contribution in [0.2, 0.25) is 0 Å². The Morgan fingerprint density at radius 3 is 2.38 bits per heavy atom. The molecule has 128 valence electrons. The summed E-state index contributed by atoms with van der Waals surface area (Å²) < 4.78 is 13.0. The Kier molecular flexibility index (Phi) is 6.25. The standard InChI is InChI=1S/C21H27FN2/c22-20-9-7-18(8-10-20)17-19-11-15-24(16-12-19)14-4-13-23-21-5-2-1-3-6-21/h1-3,5-10,19,23H,4,11-17H2. The molecule has 1 fully saturated rings. The Morgan fingerprint density at radius 2 is 1.67 bits per heavy atom. The van der Waals surface area contributed by atoms with E-state index in [1.807, 2.05) is 18.2 Å². The molecule has 0 atom stereocenters. The molecule has 0 bridgehead atoms. The van der Waals surface area contributed by atoms with Crippen molar-refractivity contribution in [3.05, 3.63) is 66.0 Å². The van der Waals surface area contributed by atoms with Crippen LogP contribution in [0.1, 0.15) is 24.8 Å². The van der Waals surface area contributed by atoms with Crippen LogP contribution in [0.3, 0.4) is 0 Å². The van der Waals surface area contributed by atoms with Crippen molar-refractivity contribution in [3.63, 3.8) is 0 Å². The van der Waals surface area contributed by atoms with Crippen LogP contribution in [0.4, 0.5) is 10.1 Å². The van der Waals surface area contributed by atoms with Crippen LogP contribution in [0.15, 0.2) is 54.6 Å². The monoisotopic (exact) mass is 326 g/mol. The summed E-state index contributed by atoms with van der Waals surface area (Å²) in [7, 11) is 0. The van der Waals surface area contributed by atoms with Crippen LogP contribution in [-0.2, 0) is 6.42 Å². The van der Waals surface area contributed by atoms with E-state index in [-0.39, 0.29) is 5.82 Å². The minimum Gasteiger partial charge on any atom is -0.385 e. The van der Waals surface area contributed by atoms with Crippen molar-refractivity contribution in [3.8, 4) is 0 Å². The lowest BCUT2D eigenvalue weighted by molar-refractivity contribution is 0.183. The molecule has 2 aromatic carbocycles. The zero-order valence-electron chi connectivity index (χ0n) is 14.3. The van der Waals surface area contributed by atoms with E-state index in [1.54, 1.807) is 12.1 Å². The van der Waals surface area contributed by atoms with Gasteiger partial charge < -0.3 is 10.2 Å². The summed E-state index contributed by atoms with van der Waals surface area (Å²) in [6, 6.07) is 17.4. The SMILES string of the molecule is Fc1ccc(CC2CCN(CCCNc3ccccc3)CC2)cc1. The van der Waals surface area contributed by atoms with E-state index in [0.717, 1.165) is 18.9 Å². The fourth-order valence-corrected chi connectivity index (χ4v) is 3.46. The van der Waals surface area contributed by atoms with Gasteiger partial charge >= 0.3 is 0 Å². The first-order valence-electron chi connectivity index (χ1n) is 9.05. The van der Waals surface area contributed by atoms with E-state index in [2.05, 4.69) is 34.5 Å². The van der Waals surface area contributed by atoms with E-state index >= 15 is 0 Å². The molecule has 3 heteroatoms. The van der Waals surface area contributed by atoms with Gasteiger partial charge in [-0.05, 0) is 81.1 Å². The van der Waals surface area contributed by atoms with E-state index in [1.165, 1.54) is 50.1 Å². The second kappa shape index (κ2) is 8.84. The summed E-state index contributed by atoms with van der Waals surface area (Å²) in [5, 5.41) is 3.47. The third-order valence-corrected chi connectivity index (χ3v) is 4.90. The number of piperidine rings is 1. The number of nitrogens with one attached hydrogen (secondary N) is 1. The number of nitrogens with zero attached hydrogens (tertiary/aromatic N) is 1. The summed E-state index contributed by atoms with van der Waals surface area (Å²) in [5.41, 5.74) is 2.47. The molecule has 1 saturated heterocycles. The molecule has 0 amide bonds. The smallest absolute Gasteiger partial charge is 0.123 e. The fraction of sp³-hybridized carbons (Fsp3) is 0.429. The summed E-state index contributed by atoms with van der Waals surface area (Å²) in [5.74, 6) is 0.604. The summed E-state index contributed by atoms with van der Waals surface area (Å²) >= 11 is 0. The number of para-hydroxylation sites is 1. The molecule has 1 N–H and O–H groups in total. The van der Waals surface area contributed by atoms with Crippen LogP contribution in [0.5, 0.6) is 0 Å². The van der Waals surface area contributed by atoms with Gasteiger partial charge in [0.25, 0.3) is 0 Å². The summed E-state index contributed by atoms with van der Waals surface area (Å²) in [4.78, 5) is 2.58. The number of rotatable bonds is 7. The van der Waals surface area contributed by atoms with E-state index in [9.17, 15) is 4.39 Å². The van der Waals surface area contributed by atoms with Crippen molar-refractivity contribution in [2.75, 3.05) is 31.5 Å². The van der Waals surface area contributed by atoms with Crippen molar-refractivity contribution in [1.29, 1.82) is 0 Å². The Balaban J connectivity index is 1.31. The highest BCUT2D eigenvalue weighted by Gasteiger charge is 2.19. The lowest BCUT2D eigenvalue weighted by Crippen LogP contribution is -2.35. The molecule has 0 spiro atoms. The highest BCUT2D eigenvalue weighted by Crippen LogP contribution is 2.22. The van der Waals surface area contributed by atoms with Gasteiger partial charge in [0.1, 0.15) is 5.82 Å². The van der Waals surface area contributed by atoms with Gasteiger partial charge in [-0.25, -0.2) is 4.39 Å². The molecular formula is C21H27FN2. The second-order valence-electron chi connectivity index (χ2n) is 6.76. The van der Waals surface area contributed by atoms with Crippen LogP contribution in [0, 0.1) is 11.7 Å². The molecule has 0 unspecified atom stereocenters. The predicted octanol–water partition coefficient (Wildman–Crippen LogP) is 4.58. The first kappa shape index (κ1) is 17.0. The third-order valence-electron chi connectivity index (χ3n) is 4.90. The molecule has 0 aromatic heterocycles. The summed E-state index contributed by atoms with van der Waals surface area (Å²) in [6.07, 6.45) is 4.77. The highest BCUT2D eigenvalue weighted by molar-refractivity contribution is 5.42. The normalized spacial score (nSPS) is 16.2. The molecule has 1 heterocycles. The van der Waals surface area contributed by atoms with Crippen molar-refractivity contribution in [2.45, 2.75) is 25.7 Å². The molecule has 2 nitrogen and oxygen atoms in total.